The summed E-state index contributed by atoms with van der Waals surface area (Å²) in [5.41, 5.74) is -0.169. The van der Waals surface area contributed by atoms with Crippen molar-refractivity contribution in [1.29, 1.82) is 0 Å². The molecule has 3 nitrogen and oxygen atoms in total. The van der Waals surface area contributed by atoms with Crippen LogP contribution in [0.1, 0.15) is 61.3 Å². The van der Waals surface area contributed by atoms with Crippen molar-refractivity contribution in [2.24, 2.45) is 5.92 Å². The summed E-state index contributed by atoms with van der Waals surface area (Å²) in [7, 11) is 0. The van der Waals surface area contributed by atoms with Gasteiger partial charge in [0.05, 0.1) is 5.60 Å². The van der Waals surface area contributed by atoms with E-state index in [1.54, 1.807) is 6.08 Å². The van der Waals surface area contributed by atoms with E-state index in [1.165, 1.54) is 6.08 Å². The zero-order valence-corrected chi connectivity index (χ0v) is 13.9. The summed E-state index contributed by atoms with van der Waals surface area (Å²) in [6.07, 6.45) is 5.18. The maximum atomic E-state index is 11.2. The zero-order valence-electron chi connectivity index (χ0n) is 13.9. The van der Waals surface area contributed by atoms with Crippen molar-refractivity contribution >= 4 is 5.91 Å². The minimum absolute atomic E-state index is 0.0366. The van der Waals surface area contributed by atoms with Crippen molar-refractivity contribution in [3.63, 3.8) is 0 Å². The highest BCUT2D eigenvalue weighted by molar-refractivity contribution is 5.87. The van der Waals surface area contributed by atoms with Crippen LogP contribution in [0.4, 0.5) is 0 Å². The lowest BCUT2D eigenvalue weighted by atomic mass is 10.0. The maximum Gasteiger partial charge on any atom is 0.243 e. The molecule has 0 spiro atoms. The SMILES string of the molecule is C/C=C/C(=O)NCCC(C)(C)OCCC(C)C.CC. The Labute approximate surface area is 119 Å². The Balaban J connectivity index is 0. The molecule has 0 aliphatic rings. The van der Waals surface area contributed by atoms with E-state index in [9.17, 15) is 4.79 Å². The Morgan fingerprint density at radius 3 is 2.37 bits per heavy atom. The van der Waals surface area contributed by atoms with Gasteiger partial charge in [0.15, 0.2) is 0 Å². The van der Waals surface area contributed by atoms with E-state index in [1.807, 2.05) is 20.8 Å². The van der Waals surface area contributed by atoms with E-state index in [4.69, 9.17) is 4.74 Å². The predicted octanol–water partition coefficient (Wildman–Crippen LogP) is 3.94. The summed E-state index contributed by atoms with van der Waals surface area (Å²) in [6.45, 7) is 15.8. The average molecular weight is 271 g/mol. The quantitative estimate of drug-likeness (QED) is 0.679. The van der Waals surface area contributed by atoms with Crippen LogP contribution in [0.15, 0.2) is 12.2 Å². The van der Waals surface area contributed by atoms with Gasteiger partial charge in [-0.2, -0.15) is 0 Å². The van der Waals surface area contributed by atoms with Gasteiger partial charge in [0.25, 0.3) is 0 Å². The van der Waals surface area contributed by atoms with E-state index in [-0.39, 0.29) is 11.5 Å². The molecule has 0 saturated carbocycles. The second-order valence-electron chi connectivity index (χ2n) is 5.33. The minimum atomic E-state index is -0.169. The van der Waals surface area contributed by atoms with Crippen LogP contribution in [0.5, 0.6) is 0 Å². The number of rotatable bonds is 8. The van der Waals surface area contributed by atoms with Gasteiger partial charge in [-0.1, -0.05) is 33.8 Å². The van der Waals surface area contributed by atoms with E-state index in [0.717, 1.165) is 19.4 Å². The number of carbonyl (C=O) groups excluding carboxylic acids is 1. The molecule has 1 N–H and O–H groups in total. The highest BCUT2D eigenvalue weighted by Gasteiger charge is 2.18. The molecule has 0 heterocycles. The molecule has 0 unspecified atom stereocenters. The molecule has 0 aromatic rings. The summed E-state index contributed by atoms with van der Waals surface area (Å²) in [5, 5.41) is 2.83. The van der Waals surface area contributed by atoms with Gasteiger partial charge in [-0.25, -0.2) is 0 Å². The average Bonchev–Trinajstić information content (AvgIpc) is 2.30. The number of hydrogen-bond acceptors (Lipinski definition) is 2. The fourth-order valence-corrected chi connectivity index (χ4v) is 1.34. The third kappa shape index (κ3) is 15.1. The lowest BCUT2D eigenvalue weighted by Gasteiger charge is -2.25. The van der Waals surface area contributed by atoms with Crippen molar-refractivity contribution in [2.45, 2.75) is 66.9 Å². The van der Waals surface area contributed by atoms with Crippen LogP contribution in [0, 0.1) is 5.92 Å². The maximum absolute atomic E-state index is 11.2. The second kappa shape index (κ2) is 12.2. The van der Waals surface area contributed by atoms with Gasteiger partial charge in [-0.05, 0) is 45.6 Å². The molecule has 0 saturated heterocycles. The lowest BCUT2D eigenvalue weighted by Crippen LogP contribution is -2.32. The first-order valence-corrected chi connectivity index (χ1v) is 7.42. The Kier molecular flexibility index (Phi) is 13.2. The van der Waals surface area contributed by atoms with Crippen LogP contribution in [-0.2, 0) is 9.53 Å². The summed E-state index contributed by atoms with van der Waals surface area (Å²) in [4.78, 5) is 11.2. The number of nitrogens with one attached hydrogen (secondary N) is 1. The summed E-state index contributed by atoms with van der Waals surface area (Å²) in [6, 6.07) is 0. The van der Waals surface area contributed by atoms with Crippen molar-refractivity contribution in [1.82, 2.24) is 5.32 Å². The molecule has 0 aromatic heterocycles. The fourth-order valence-electron chi connectivity index (χ4n) is 1.34. The van der Waals surface area contributed by atoms with Gasteiger partial charge in [0.2, 0.25) is 5.91 Å². The van der Waals surface area contributed by atoms with E-state index >= 15 is 0 Å². The summed E-state index contributed by atoms with van der Waals surface area (Å²) in [5.74, 6) is 0.630. The monoisotopic (exact) mass is 271 g/mol. The molecule has 0 fully saturated rings. The van der Waals surface area contributed by atoms with Crippen LogP contribution in [0.3, 0.4) is 0 Å². The number of hydrogen-bond donors (Lipinski definition) is 1. The normalized spacial score (nSPS) is 11.4. The first-order chi connectivity index (χ1) is 8.87. The van der Waals surface area contributed by atoms with Crippen molar-refractivity contribution in [3.8, 4) is 0 Å². The topological polar surface area (TPSA) is 38.3 Å². The second-order valence-corrected chi connectivity index (χ2v) is 5.33. The van der Waals surface area contributed by atoms with Gasteiger partial charge in [-0.15, -0.1) is 0 Å². The smallest absolute Gasteiger partial charge is 0.243 e. The number of amides is 1. The lowest BCUT2D eigenvalue weighted by molar-refractivity contribution is -0.116. The van der Waals surface area contributed by atoms with Crippen LogP contribution in [0.25, 0.3) is 0 Å². The van der Waals surface area contributed by atoms with E-state index in [2.05, 4.69) is 33.0 Å². The predicted molar refractivity (Wildman–Crippen MR) is 83.3 cm³/mol. The van der Waals surface area contributed by atoms with Crippen LogP contribution >= 0.6 is 0 Å². The van der Waals surface area contributed by atoms with E-state index in [0.29, 0.717) is 12.5 Å². The molecular formula is C16H33NO2. The third-order valence-electron chi connectivity index (χ3n) is 2.53. The molecule has 19 heavy (non-hydrogen) atoms. The molecule has 0 aliphatic carbocycles. The number of carbonyl (C=O) groups is 1. The highest BCUT2D eigenvalue weighted by Crippen LogP contribution is 2.15. The van der Waals surface area contributed by atoms with Crippen molar-refractivity contribution < 1.29 is 9.53 Å². The van der Waals surface area contributed by atoms with Gasteiger partial charge >= 0.3 is 0 Å². The molecule has 3 heteroatoms. The Morgan fingerprint density at radius 1 is 1.32 bits per heavy atom. The first kappa shape index (κ1) is 20.5. The minimum Gasteiger partial charge on any atom is -0.375 e. The van der Waals surface area contributed by atoms with Gasteiger partial charge in [-0.3, -0.25) is 4.79 Å². The molecule has 0 aromatic carbocycles. The molecular weight excluding hydrogens is 238 g/mol. The van der Waals surface area contributed by atoms with Crippen molar-refractivity contribution in [2.75, 3.05) is 13.2 Å². The molecule has 1 amide bonds. The Bertz CT molecular complexity index is 245. The fraction of sp³-hybridized carbons (Fsp3) is 0.812. The molecule has 0 atom stereocenters. The van der Waals surface area contributed by atoms with Crippen LogP contribution < -0.4 is 5.32 Å². The number of allylic oxidation sites excluding steroid dienone is 1. The Hall–Kier alpha value is -0.830. The van der Waals surface area contributed by atoms with Crippen molar-refractivity contribution in [3.05, 3.63) is 12.2 Å². The molecule has 114 valence electrons. The summed E-state index contributed by atoms with van der Waals surface area (Å²) >= 11 is 0. The van der Waals surface area contributed by atoms with Gasteiger partial charge in [0, 0.05) is 13.2 Å². The zero-order chi connectivity index (χ0) is 15.3. The summed E-state index contributed by atoms with van der Waals surface area (Å²) < 4.78 is 5.81. The number of ether oxygens (including phenoxy) is 1. The van der Waals surface area contributed by atoms with Crippen LogP contribution in [0.2, 0.25) is 0 Å². The largest absolute Gasteiger partial charge is 0.375 e. The van der Waals surface area contributed by atoms with E-state index < -0.39 is 0 Å². The molecule has 0 aliphatic heterocycles. The van der Waals surface area contributed by atoms with Gasteiger partial charge in [0.1, 0.15) is 0 Å². The molecule has 0 bridgehead atoms. The molecule has 0 radical (unpaired) electrons. The third-order valence-corrected chi connectivity index (χ3v) is 2.53. The first-order valence-electron chi connectivity index (χ1n) is 7.42. The highest BCUT2D eigenvalue weighted by atomic mass is 16.5. The van der Waals surface area contributed by atoms with Crippen LogP contribution in [-0.4, -0.2) is 24.7 Å². The molecule has 0 rings (SSSR count). The van der Waals surface area contributed by atoms with Gasteiger partial charge < -0.3 is 10.1 Å². The standard InChI is InChI=1S/C14H27NO2.C2H6/c1-6-7-13(16)15-10-9-14(4,5)17-11-8-12(2)3;1-2/h6-7,12H,8-11H2,1-5H3,(H,15,16);1-2H3/b7-6+;. The Morgan fingerprint density at radius 2 is 1.89 bits per heavy atom.